The van der Waals surface area contributed by atoms with Crippen molar-refractivity contribution in [2.45, 2.75) is 26.2 Å². The second kappa shape index (κ2) is 9.26. The minimum atomic E-state index is 0.722. The monoisotopic (exact) mass is 365 g/mol. The van der Waals surface area contributed by atoms with Crippen LogP contribution in [0, 0.1) is 0 Å². The number of hydrogen-bond acceptors (Lipinski definition) is 4. The van der Waals surface area contributed by atoms with Crippen LogP contribution in [0.15, 0.2) is 47.5 Å². The van der Waals surface area contributed by atoms with Crippen molar-refractivity contribution >= 4 is 11.8 Å². The van der Waals surface area contributed by atoms with E-state index in [0.717, 1.165) is 60.9 Å². The average molecular weight is 365 g/mol. The number of benzene rings is 2. The molecule has 2 aromatic rings. The van der Waals surface area contributed by atoms with E-state index in [1.165, 1.54) is 11.1 Å². The first-order valence-corrected chi connectivity index (χ1v) is 9.45. The van der Waals surface area contributed by atoms with Gasteiger partial charge in [0, 0.05) is 12.1 Å². The van der Waals surface area contributed by atoms with E-state index in [9.17, 15) is 0 Å². The molecule has 142 valence electrons. The lowest BCUT2D eigenvalue weighted by molar-refractivity contribution is 0.309. The van der Waals surface area contributed by atoms with Gasteiger partial charge in [0.1, 0.15) is 5.75 Å². The van der Waals surface area contributed by atoms with E-state index in [1.54, 1.807) is 14.2 Å². The number of nitrogens with zero attached hydrogens (tertiary/aromatic N) is 1. The highest BCUT2D eigenvalue weighted by Crippen LogP contribution is 2.28. The molecule has 0 aliphatic carbocycles. The summed E-state index contributed by atoms with van der Waals surface area (Å²) in [6, 6.07) is 12.2. The second-order valence-corrected chi connectivity index (χ2v) is 6.49. The van der Waals surface area contributed by atoms with Crippen LogP contribution in [-0.4, -0.2) is 33.1 Å². The summed E-state index contributed by atoms with van der Waals surface area (Å²) in [7, 11) is 3.29. The highest BCUT2D eigenvalue weighted by atomic mass is 16.5. The van der Waals surface area contributed by atoms with Gasteiger partial charge in [-0.25, -0.2) is 0 Å². The molecule has 0 saturated heterocycles. The van der Waals surface area contributed by atoms with Crippen molar-refractivity contribution in [1.29, 1.82) is 0 Å². The molecule has 0 amide bonds. The van der Waals surface area contributed by atoms with Crippen LogP contribution in [0.1, 0.15) is 36.5 Å². The van der Waals surface area contributed by atoms with Crippen molar-refractivity contribution in [3.05, 3.63) is 59.2 Å². The molecule has 0 N–H and O–H groups in total. The lowest BCUT2D eigenvalue weighted by atomic mass is 9.96. The Morgan fingerprint density at radius 1 is 1.00 bits per heavy atom. The molecule has 0 atom stereocenters. The largest absolute Gasteiger partial charge is 0.494 e. The minimum absolute atomic E-state index is 0.722. The summed E-state index contributed by atoms with van der Waals surface area (Å²) in [5.74, 6) is 2.40. The van der Waals surface area contributed by atoms with Crippen LogP contribution in [0.3, 0.4) is 0 Å². The molecule has 4 nitrogen and oxygen atoms in total. The van der Waals surface area contributed by atoms with E-state index in [1.807, 2.05) is 24.3 Å². The first-order valence-electron chi connectivity index (χ1n) is 9.45. The number of rotatable bonds is 8. The van der Waals surface area contributed by atoms with E-state index in [2.05, 4.69) is 31.2 Å². The highest BCUT2D eigenvalue weighted by Gasteiger charge is 2.13. The Balaban J connectivity index is 1.77. The van der Waals surface area contributed by atoms with Gasteiger partial charge in [-0.1, -0.05) is 25.5 Å². The summed E-state index contributed by atoms with van der Waals surface area (Å²) in [5, 5.41) is 0. The topological polar surface area (TPSA) is 40.0 Å². The normalized spacial score (nSPS) is 13.2. The number of unbranched alkanes of at least 4 members (excludes halogenated alkanes) is 1. The van der Waals surface area contributed by atoms with Crippen molar-refractivity contribution < 1.29 is 14.2 Å². The first kappa shape index (κ1) is 19.0. The van der Waals surface area contributed by atoms with Gasteiger partial charge < -0.3 is 14.2 Å². The van der Waals surface area contributed by atoms with Crippen molar-refractivity contribution in [3.8, 4) is 17.2 Å². The van der Waals surface area contributed by atoms with Gasteiger partial charge in [-0.3, -0.25) is 4.99 Å². The SMILES string of the molecule is CCCCOc1ccc2c(c1)CCN=C2C=Cc1ccc(OC)c(OC)c1. The third-order valence-electron chi connectivity index (χ3n) is 4.62. The number of aliphatic imine (C=N–C) groups is 1. The minimum Gasteiger partial charge on any atom is -0.494 e. The first-order chi connectivity index (χ1) is 13.2. The maximum atomic E-state index is 5.84. The lowest BCUT2D eigenvalue weighted by Crippen LogP contribution is -2.11. The molecule has 0 radical (unpaired) electrons. The smallest absolute Gasteiger partial charge is 0.161 e. The summed E-state index contributed by atoms with van der Waals surface area (Å²) < 4.78 is 16.5. The zero-order valence-electron chi connectivity index (χ0n) is 16.3. The average Bonchev–Trinajstić information content (AvgIpc) is 2.72. The van der Waals surface area contributed by atoms with Crippen molar-refractivity contribution in [2.24, 2.45) is 4.99 Å². The fourth-order valence-corrected chi connectivity index (χ4v) is 3.11. The molecule has 27 heavy (non-hydrogen) atoms. The summed E-state index contributed by atoms with van der Waals surface area (Å²) >= 11 is 0. The predicted octanol–water partition coefficient (Wildman–Crippen LogP) is 4.94. The lowest BCUT2D eigenvalue weighted by Gasteiger charge is -2.16. The zero-order chi connectivity index (χ0) is 19.1. The summed E-state index contributed by atoms with van der Waals surface area (Å²) in [6.07, 6.45) is 7.30. The van der Waals surface area contributed by atoms with Gasteiger partial charge in [-0.15, -0.1) is 0 Å². The molecule has 1 aliphatic rings. The number of methoxy groups -OCH3 is 2. The standard InChI is InChI=1S/C23H27NO3/c1-4-5-14-27-19-8-9-20-18(16-19)12-13-24-21(20)10-6-17-7-11-22(25-2)23(15-17)26-3/h6-11,15-16H,4-5,12-14H2,1-3H3. The predicted molar refractivity (Wildman–Crippen MR) is 111 cm³/mol. The number of fused-ring (bicyclic) bond motifs is 1. The van der Waals surface area contributed by atoms with Crippen molar-refractivity contribution in [3.63, 3.8) is 0 Å². The molecule has 0 saturated carbocycles. The van der Waals surface area contributed by atoms with E-state index in [4.69, 9.17) is 19.2 Å². The second-order valence-electron chi connectivity index (χ2n) is 6.49. The van der Waals surface area contributed by atoms with Gasteiger partial charge in [0.25, 0.3) is 0 Å². The molecule has 0 aromatic heterocycles. The Kier molecular flexibility index (Phi) is 6.53. The summed E-state index contributed by atoms with van der Waals surface area (Å²) in [4.78, 5) is 4.70. The molecule has 0 spiro atoms. The third-order valence-corrected chi connectivity index (χ3v) is 4.62. The molecule has 0 bridgehead atoms. The maximum absolute atomic E-state index is 5.84. The Morgan fingerprint density at radius 3 is 2.63 bits per heavy atom. The van der Waals surface area contributed by atoms with Gasteiger partial charge in [0.15, 0.2) is 11.5 Å². The molecule has 0 unspecified atom stereocenters. The molecule has 3 rings (SSSR count). The van der Waals surface area contributed by atoms with Crippen molar-refractivity contribution in [2.75, 3.05) is 27.4 Å². The molecule has 0 fully saturated rings. The van der Waals surface area contributed by atoms with Crippen molar-refractivity contribution in [1.82, 2.24) is 0 Å². The van der Waals surface area contributed by atoms with Crippen LogP contribution in [0.2, 0.25) is 0 Å². The Morgan fingerprint density at radius 2 is 1.85 bits per heavy atom. The van der Waals surface area contributed by atoms with Gasteiger partial charge >= 0.3 is 0 Å². The Hall–Kier alpha value is -2.75. The quantitative estimate of drug-likeness (QED) is 0.622. The molecule has 1 aliphatic heterocycles. The highest BCUT2D eigenvalue weighted by molar-refractivity contribution is 6.12. The van der Waals surface area contributed by atoms with Gasteiger partial charge in [0.05, 0.1) is 26.5 Å². The molecule has 4 heteroatoms. The van der Waals surface area contributed by atoms with Crippen LogP contribution in [0.4, 0.5) is 0 Å². The molecular formula is C23H27NO3. The zero-order valence-corrected chi connectivity index (χ0v) is 16.3. The summed E-state index contributed by atoms with van der Waals surface area (Å²) in [6.45, 7) is 3.75. The van der Waals surface area contributed by atoms with Gasteiger partial charge in [0.2, 0.25) is 0 Å². The van der Waals surface area contributed by atoms with Crippen LogP contribution in [0.5, 0.6) is 17.2 Å². The number of allylic oxidation sites excluding steroid dienone is 1. The Labute approximate surface area is 161 Å². The number of ether oxygens (including phenoxy) is 3. The fraction of sp³-hybridized carbons (Fsp3) is 0.348. The molecular weight excluding hydrogens is 338 g/mol. The van der Waals surface area contributed by atoms with Gasteiger partial charge in [-0.05, 0) is 60.4 Å². The van der Waals surface area contributed by atoms with E-state index in [-0.39, 0.29) is 0 Å². The Bertz CT molecular complexity index is 840. The molecule has 2 aromatic carbocycles. The van der Waals surface area contributed by atoms with E-state index >= 15 is 0 Å². The van der Waals surface area contributed by atoms with Crippen LogP contribution in [0.25, 0.3) is 6.08 Å². The molecule has 1 heterocycles. The van der Waals surface area contributed by atoms with E-state index in [0.29, 0.717) is 0 Å². The van der Waals surface area contributed by atoms with Gasteiger partial charge in [-0.2, -0.15) is 0 Å². The fourth-order valence-electron chi connectivity index (χ4n) is 3.11. The maximum Gasteiger partial charge on any atom is 0.161 e. The van der Waals surface area contributed by atoms with Crippen LogP contribution >= 0.6 is 0 Å². The van der Waals surface area contributed by atoms with Crippen LogP contribution in [-0.2, 0) is 6.42 Å². The van der Waals surface area contributed by atoms with Crippen LogP contribution < -0.4 is 14.2 Å². The summed E-state index contributed by atoms with van der Waals surface area (Å²) in [5.41, 5.74) is 4.53. The number of hydrogen-bond donors (Lipinski definition) is 0. The third kappa shape index (κ3) is 4.70. The van der Waals surface area contributed by atoms with E-state index < -0.39 is 0 Å².